The molecule has 4 N–H and O–H groups in total. The standard InChI is InChI=1S/C21H23N7O2/c1-2-3-11-24-21(30)28-27-19(29)16-4-6-17(7-5-16)25-20-23-14-10-18(26-20)15-8-12-22-13-9-15/h4-10,12-14H,2-3,11H2,1H3,(H,27,29)(H,23,25,26)(H2,24,28,30). The van der Waals surface area contributed by atoms with Crippen LogP contribution in [-0.4, -0.2) is 33.4 Å². The van der Waals surface area contributed by atoms with Gasteiger partial charge in [-0.25, -0.2) is 20.2 Å². The fraction of sp³-hybridized carbons (Fsp3) is 0.190. The number of hydrogen-bond donors (Lipinski definition) is 4. The summed E-state index contributed by atoms with van der Waals surface area (Å²) in [4.78, 5) is 36.4. The van der Waals surface area contributed by atoms with Crippen molar-refractivity contribution < 1.29 is 9.59 Å². The lowest BCUT2D eigenvalue weighted by Crippen LogP contribution is -2.47. The molecule has 0 bridgehead atoms. The zero-order valence-corrected chi connectivity index (χ0v) is 16.6. The molecule has 0 radical (unpaired) electrons. The zero-order valence-electron chi connectivity index (χ0n) is 16.6. The highest BCUT2D eigenvalue weighted by atomic mass is 16.2. The summed E-state index contributed by atoms with van der Waals surface area (Å²) in [6.07, 6.45) is 6.94. The van der Waals surface area contributed by atoms with Crippen LogP contribution in [0.25, 0.3) is 11.3 Å². The summed E-state index contributed by atoms with van der Waals surface area (Å²) in [5, 5.41) is 5.76. The second kappa shape index (κ2) is 10.5. The summed E-state index contributed by atoms with van der Waals surface area (Å²) < 4.78 is 0. The first-order chi connectivity index (χ1) is 14.7. The second-order valence-electron chi connectivity index (χ2n) is 6.39. The number of anilines is 2. The van der Waals surface area contributed by atoms with Crippen molar-refractivity contribution in [2.45, 2.75) is 19.8 Å². The lowest BCUT2D eigenvalue weighted by atomic mass is 10.2. The van der Waals surface area contributed by atoms with Crippen molar-refractivity contribution in [1.29, 1.82) is 0 Å². The number of hydrogen-bond acceptors (Lipinski definition) is 6. The molecule has 154 valence electrons. The van der Waals surface area contributed by atoms with E-state index in [4.69, 9.17) is 0 Å². The summed E-state index contributed by atoms with van der Waals surface area (Å²) in [5.74, 6) is 0.0232. The third-order valence-electron chi connectivity index (χ3n) is 4.14. The van der Waals surface area contributed by atoms with E-state index in [-0.39, 0.29) is 0 Å². The first-order valence-corrected chi connectivity index (χ1v) is 9.60. The first-order valence-electron chi connectivity index (χ1n) is 9.60. The van der Waals surface area contributed by atoms with Crippen LogP contribution in [0.5, 0.6) is 0 Å². The molecule has 0 atom stereocenters. The topological polar surface area (TPSA) is 121 Å². The van der Waals surface area contributed by atoms with Crippen LogP contribution in [0.4, 0.5) is 16.4 Å². The second-order valence-corrected chi connectivity index (χ2v) is 6.39. The SMILES string of the molecule is CCCCNC(=O)NNC(=O)c1ccc(Nc2nccc(-c3ccncc3)n2)cc1. The molecule has 0 unspecified atom stereocenters. The highest BCUT2D eigenvalue weighted by molar-refractivity contribution is 5.95. The van der Waals surface area contributed by atoms with Crippen LogP contribution >= 0.6 is 0 Å². The van der Waals surface area contributed by atoms with Crippen molar-refractivity contribution in [1.82, 2.24) is 31.1 Å². The molecular weight excluding hydrogens is 382 g/mol. The van der Waals surface area contributed by atoms with E-state index in [9.17, 15) is 9.59 Å². The summed E-state index contributed by atoms with van der Waals surface area (Å²) in [7, 11) is 0. The number of nitrogens with zero attached hydrogens (tertiary/aromatic N) is 3. The quantitative estimate of drug-likeness (QED) is 0.354. The molecule has 0 aliphatic heterocycles. The molecular formula is C21H23N7O2. The van der Waals surface area contributed by atoms with Gasteiger partial charge in [0.2, 0.25) is 5.95 Å². The van der Waals surface area contributed by atoms with Crippen LogP contribution < -0.4 is 21.5 Å². The van der Waals surface area contributed by atoms with E-state index in [2.05, 4.69) is 36.4 Å². The Balaban J connectivity index is 1.56. The lowest BCUT2D eigenvalue weighted by Gasteiger charge is -2.10. The Kier molecular flexibility index (Phi) is 7.26. The fourth-order valence-electron chi connectivity index (χ4n) is 2.54. The molecule has 0 aliphatic rings. The van der Waals surface area contributed by atoms with E-state index in [1.54, 1.807) is 42.9 Å². The van der Waals surface area contributed by atoms with Crippen LogP contribution in [0.3, 0.4) is 0 Å². The van der Waals surface area contributed by atoms with Crippen molar-refractivity contribution >= 4 is 23.6 Å². The lowest BCUT2D eigenvalue weighted by molar-refractivity contribution is 0.0936. The number of nitrogens with one attached hydrogen (secondary N) is 4. The Hall–Kier alpha value is -4.01. The van der Waals surface area contributed by atoms with Gasteiger partial charge < -0.3 is 10.6 Å². The van der Waals surface area contributed by atoms with Gasteiger partial charge in [0, 0.05) is 41.9 Å². The van der Waals surface area contributed by atoms with Gasteiger partial charge in [-0.2, -0.15) is 0 Å². The van der Waals surface area contributed by atoms with Gasteiger partial charge in [-0.3, -0.25) is 15.2 Å². The third kappa shape index (κ3) is 5.99. The fourth-order valence-corrected chi connectivity index (χ4v) is 2.54. The Morgan fingerprint density at radius 1 is 0.933 bits per heavy atom. The molecule has 0 fully saturated rings. The molecule has 0 saturated carbocycles. The zero-order chi connectivity index (χ0) is 21.2. The number of carbonyl (C=O) groups is 2. The Morgan fingerprint density at radius 3 is 2.43 bits per heavy atom. The number of unbranched alkanes of at least 4 members (excludes halogenated alkanes) is 1. The molecule has 9 heteroatoms. The maximum atomic E-state index is 12.1. The Morgan fingerprint density at radius 2 is 1.70 bits per heavy atom. The Bertz CT molecular complexity index is 978. The normalized spacial score (nSPS) is 10.2. The van der Waals surface area contributed by atoms with Crippen molar-refractivity contribution in [2.24, 2.45) is 0 Å². The average Bonchev–Trinajstić information content (AvgIpc) is 2.79. The monoisotopic (exact) mass is 405 g/mol. The third-order valence-corrected chi connectivity index (χ3v) is 4.14. The number of amides is 3. The van der Waals surface area contributed by atoms with Gasteiger partial charge in [0.25, 0.3) is 5.91 Å². The molecule has 1 aromatic carbocycles. The number of rotatable bonds is 7. The van der Waals surface area contributed by atoms with Crippen LogP contribution in [0.15, 0.2) is 61.1 Å². The van der Waals surface area contributed by atoms with Gasteiger partial charge in [-0.1, -0.05) is 13.3 Å². The van der Waals surface area contributed by atoms with Crippen LogP contribution in [0.2, 0.25) is 0 Å². The molecule has 9 nitrogen and oxygen atoms in total. The van der Waals surface area contributed by atoms with Crippen molar-refractivity contribution in [2.75, 3.05) is 11.9 Å². The minimum atomic E-state index is -0.443. The van der Waals surface area contributed by atoms with Gasteiger partial charge in [0.05, 0.1) is 5.69 Å². The number of urea groups is 1. The van der Waals surface area contributed by atoms with Gasteiger partial charge in [-0.15, -0.1) is 0 Å². The molecule has 0 saturated heterocycles. The maximum Gasteiger partial charge on any atom is 0.333 e. The first kappa shape index (κ1) is 20.7. The molecule has 3 aromatic rings. The molecule has 30 heavy (non-hydrogen) atoms. The molecule has 2 heterocycles. The minimum Gasteiger partial charge on any atom is -0.337 e. The largest absolute Gasteiger partial charge is 0.337 e. The van der Waals surface area contributed by atoms with Crippen LogP contribution in [-0.2, 0) is 0 Å². The smallest absolute Gasteiger partial charge is 0.333 e. The predicted molar refractivity (Wildman–Crippen MR) is 114 cm³/mol. The summed E-state index contributed by atoms with van der Waals surface area (Å²) >= 11 is 0. The van der Waals surface area contributed by atoms with E-state index in [1.165, 1.54) is 0 Å². The predicted octanol–water partition coefficient (Wildman–Crippen LogP) is 3.03. The molecule has 0 spiro atoms. The van der Waals surface area contributed by atoms with E-state index in [1.807, 2.05) is 25.1 Å². The minimum absolute atomic E-state index is 0.404. The van der Waals surface area contributed by atoms with Crippen molar-refractivity contribution in [3.63, 3.8) is 0 Å². The van der Waals surface area contributed by atoms with Gasteiger partial charge in [0.1, 0.15) is 0 Å². The number of hydrazine groups is 1. The summed E-state index contributed by atoms with van der Waals surface area (Å²) in [6, 6.07) is 11.9. The van der Waals surface area contributed by atoms with E-state index in [0.717, 1.165) is 29.8 Å². The number of carbonyl (C=O) groups excluding carboxylic acids is 2. The van der Waals surface area contributed by atoms with E-state index in [0.29, 0.717) is 18.1 Å². The van der Waals surface area contributed by atoms with E-state index >= 15 is 0 Å². The highest BCUT2D eigenvalue weighted by Gasteiger charge is 2.08. The van der Waals surface area contributed by atoms with Crippen LogP contribution in [0, 0.1) is 0 Å². The highest BCUT2D eigenvalue weighted by Crippen LogP contribution is 2.19. The molecule has 3 amide bonds. The summed E-state index contributed by atoms with van der Waals surface area (Å²) in [6.45, 7) is 2.59. The molecule has 3 rings (SSSR count). The number of benzene rings is 1. The average molecular weight is 405 g/mol. The van der Waals surface area contributed by atoms with Crippen molar-refractivity contribution in [3.8, 4) is 11.3 Å². The molecule has 0 aliphatic carbocycles. The van der Waals surface area contributed by atoms with Gasteiger partial charge >= 0.3 is 6.03 Å². The van der Waals surface area contributed by atoms with Gasteiger partial charge in [-0.05, 0) is 48.9 Å². The van der Waals surface area contributed by atoms with Crippen LogP contribution in [0.1, 0.15) is 30.1 Å². The van der Waals surface area contributed by atoms with Crippen molar-refractivity contribution in [3.05, 3.63) is 66.6 Å². The number of aromatic nitrogens is 3. The Labute approximate surface area is 174 Å². The summed E-state index contributed by atoms with van der Waals surface area (Å²) in [5.41, 5.74) is 7.54. The number of pyridine rings is 1. The van der Waals surface area contributed by atoms with E-state index < -0.39 is 11.9 Å². The molecule has 2 aromatic heterocycles. The van der Waals surface area contributed by atoms with Gasteiger partial charge in [0.15, 0.2) is 0 Å². The maximum absolute atomic E-state index is 12.1.